The van der Waals surface area contributed by atoms with E-state index in [1.54, 1.807) is 0 Å². The van der Waals surface area contributed by atoms with Crippen molar-refractivity contribution < 1.29 is 4.74 Å². The molecular formula is C62H55GeN3O. The third kappa shape index (κ3) is 7.44. The Morgan fingerprint density at radius 1 is 0.448 bits per heavy atom. The first kappa shape index (κ1) is 42.5. The zero-order chi connectivity index (χ0) is 45.9. The van der Waals surface area contributed by atoms with Crippen molar-refractivity contribution in [1.82, 2.24) is 4.98 Å². The van der Waals surface area contributed by atoms with Crippen LogP contribution in [-0.2, 0) is 10.8 Å². The van der Waals surface area contributed by atoms with Crippen LogP contribution in [0.2, 0.25) is 0 Å². The molecule has 3 heterocycles. The Kier molecular flexibility index (Phi) is 10.5. The van der Waals surface area contributed by atoms with Crippen LogP contribution in [0.3, 0.4) is 0 Å². The van der Waals surface area contributed by atoms with Crippen molar-refractivity contribution in [3.8, 4) is 45.0 Å². The Morgan fingerprint density at radius 3 is 1.57 bits per heavy atom. The summed E-state index contributed by atoms with van der Waals surface area (Å²) in [6, 6.07) is 75.8. The summed E-state index contributed by atoms with van der Waals surface area (Å²) in [6.07, 6.45) is 1.93. The normalized spacial score (nSPS) is 13.8. The van der Waals surface area contributed by atoms with Gasteiger partial charge >= 0.3 is 242 Å². The van der Waals surface area contributed by atoms with E-state index in [1.165, 1.54) is 56.7 Å². The zero-order valence-electron chi connectivity index (χ0n) is 39.2. The van der Waals surface area contributed by atoms with Gasteiger partial charge in [-0.1, -0.05) is 114 Å². The molecule has 0 radical (unpaired) electrons. The zero-order valence-corrected chi connectivity index (χ0v) is 41.3. The second kappa shape index (κ2) is 16.6. The van der Waals surface area contributed by atoms with E-state index in [4.69, 9.17) is 9.72 Å². The summed E-state index contributed by atoms with van der Waals surface area (Å²) in [5.41, 5.74) is 14.4. The molecule has 5 heteroatoms. The number of nitrogens with zero attached hydrogens (tertiary/aromatic N) is 3. The fourth-order valence-electron chi connectivity index (χ4n) is 10.4. The van der Waals surface area contributed by atoms with E-state index in [0.29, 0.717) is 6.67 Å². The fraction of sp³-hybridized carbons (Fsp3) is 0.145. The van der Waals surface area contributed by atoms with Crippen LogP contribution in [0.4, 0.5) is 22.7 Å². The molecule has 0 unspecified atom stereocenters. The molecule has 0 N–H and O–H groups in total. The molecule has 0 saturated carbocycles. The fourth-order valence-corrected chi connectivity index (χ4v) is 21.1. The number of ether oxygens (including phenoxy) is 1. The van der Waals surface area contributed by atoms with Gasteiger partial charge in [-0.05, 0) is 33.1 Å². The van der Waals surface area contributed by atoms with Crippen molar-refractivity contribution in [3.63, 3.8) is 0 Å². The van der Waals surface area contributed by atoms with Crippen molar-refractivity contribution in [2.45, 2.75) is 52.4 Å². The third-order valence-corrected chi connectivity index (χ3v) is 24.0. The second-order valence-corrected chi connectivity index (χ2v) is 27.9. The summed E-state index contributed by atoms with van der Waals surface area (Å²) in [6.45, 7) is 14.3. The third-order valence-electron chi connectivity index (χ3n) is 13.8. The number of hydrogen-bond donors (Lipinski definition) is 0. The van der Waals surface area contributed by atoms with Gasteiger partial charge < -0.3 is 0 Å². The number of pyridine rings is 1. The van der Waals surface area contributed by atoms with E-state index in [2.05, 4.69) is 258 Å². The largest absolute Gasteiger partial charge is 0.0579 e. The molecule has 0 bridgehead atoms. The maximum Gasteiger partial charge on any atom is -0.0540 e. The van der Waals surface area contributed by atoms with Crippen LogP contribution < -0.4 is 32.1 Å². The average Bonchev–Trinajstić information content (AvgIpc) is 3.88. The van der Waals surface area contributed by atoms with Crippen LogP contribution in [0.1, 0.15) is 52.7 Å². The van der Waals surface area contributed by atoms with Gasteiger partial charge in [0.25, 0.3) is 0 Å². The Bertz CT molecular complexity index is 3140. The molecular weight excluding hydrogens is 875 g/mol. The van der Waals surface area contributed by atoms with Gasteiger partial charge in [0, 0.05) is 11.1 Å². The van der Waals surface area contributed by atoms with E-state index >= 15 is 0 Å². The van der Waals surface area contributed by atoms with E-state index < -0.39 is 13.3 Å². The first-order valence-electron chi connectivity index (χ1n) is 23.5. The Morgan fingerprint density at radius 2 is 0.985 bits per heavy atom. The van der Waals surface area contributed by atoms with Crippen LogP contribution >= 0.6 is 0 Å². The summed E-state index contributed by atoms with van der Waals surface area (Å²) in [5.74, 6) is 1.58. The van der Waals surface area contributed by atoms with Crippen molar-refractivity contribution in [1.29, 1.82) is 0 Å². The van der Waals surface area contributed by atoms with Crippen LogP contribution in [0.25, 0.3) is 33.5 Å². The number of para-hydroxylation sites is 3. The second-order valence-electron chi connectivity index (χ2n) is 20.0. The molecule has 0 saturated heterocycles. The number of rotatable bonds is 8. The van der Waals surface area contributed by atoms with E-state index in [1.807, 2.05) is 6.20 Å². The van der Waals surface area contributed by atoms with E-state index in [-0.39, 0.29) is 10.8 Å². The Labute approximate surface area is 398 Å². The van der Waals surface area contributed by atoms with E-state index in [9.17, 15) is 0 Å². The monoisotopic (exact) mass is 931 g/mol. The standard InChI is InChI=1S/C62H55GeN3O/c1-61(2,3)45-33-29-43(30-34-45)52-24-16-25-53(44-31-35-46(36-32-44)62(4,5)6)60(52)66-42-65(57-27-13-14-28-58(57)66)49-22-15-23-50(40-49)67-51-37-38-55-54(41-51)59-56(26-17-39-64-59)63(55,47-18-9-7-10-19-47)48-20-11-8-12-21-48/h7-41H,42H2,1-6H3. The van der Waals surface area contributed by atoms with Gasteiger partial charge in [-0.15, -0.1) is 0 Å². The van der Waals surface area contributed by atoms with Crippen molar-refractivity contribution in [2.75, 3.05) is 16.5 Å². The van der Waals surface area contributed by atoms with Gasteiger partial charge in [0.05, 0.1) is 0 Å². The van der Waals surface area contributed by atoms with E-state index in [0.717, 1.165) is 39.8 Å². The smallest absolute Gasteiger partial charge is 0.0540 e. The minimum Gasteiger partial charge on any atom is -0.0579 e. The molecule has 4 nitrogen and oxygen atoms in total. The summed E-state index contributed by atoms with van der Waals surface area (Å²) in [4.78, 5) is 9.99. The van der Waals surface area contributed by atoms with Gasteiger partial charge in [-0.25, -0.2) is 0 Å². The molecule has 67 heavy (non-hydrogen) atoms. The minimum atomic E-state index is -3.38. The van der Waals surface area contributed by atoms with Crippen LogP contribution in [0.15, 0.2) is 212 Å². The molecule has 8 aromatic carbocycles. The molecule has 9 aromatic rings. The van der Waals surface area contributed by atoms with Crippen LogP contribution in [-0.4, -0.2) is 24.9 Å². The molecule has 0 amide bonds. The number of anilines is 4. The van der Waals surface area contributed by atoms with Gasteiger partial charge in [0.2, 0.25) is 0 Å². The molecule has 11 rings (SSSR count). The molecule has 0 fully saturated rings. The first-order chi connectivity index (χ1) is 32.5. The van der Waals surface area contributed by atoms with Gasteiger partial charge in [0.15, 0.2) is 0 Å². The Balaban J connectivity index is 0.974. The number of fused-ring (bicyclic) bond motifs is 4. The Hall–Kier alpha value is -7.15. The molecule has 0 aliphatic carbocycles. The summed E-state index contributed by atoms with van der Waals surface area (Å²) in [5, 5.41) is 0. The van der Waals surface area contributed by atoms with Crippen LogP contribution in [0.5, 0.6) is 11.5 Å². The summed E-state index contributed by atoms with van der Waals surface area (Å²) < 4.78 is 12.4. The van der Waals surface area contributed by atoms with Crippen molar-refractivity contribution in [3.05, 3.63) is 224 Å². The van der Waals surface area contributed by atoms with Crippen LogP contribution in [0, 0.1) is 0 Å². The minimum absolute atomic E-state index is 0.0621. The van der Waals surface area contributed by atoms with Gasteiger partial charge in [0.1, 0.15) is 0 Å². The van der Waals surface area contributed by atoms with Gasteiger partial charge in [-0.3, -0.25) is 0 Å². The van der Waals surface area contributed by atoms with Gasteiger partial charge in [-0.2, -0.15) is 0 Å². The molecule has 0 atom stereocenters. The predicted octanol–water partition coefficient (Wildman–Crippen LogP) is 13.4. The molecule has 0 spiro atoms. The molecule has 328 valence electrons. The molecule has 2 aliphatic heterocycles. The maximum atomic E-state index is 6.87. The van der Waals surface area contributed by atoms with Crippen molar-refractivity contribution >= 4 is 53.6 Å². The maximum absolute atomic E-state index is 6.87. The molecule has 1 aromatic heterocycles. The summed E-state index contributed by atoms with van der Waals surface area (Å²) in [7, 11) is 0. The first-order valence-corrected chi connectivity index (χ1v) is 27.7. The predicted molar refractivity (Wildman–Crippen MR) is 284 cm³/mol. The number of benzene rings is 8. The summed E-state index contributed by atoms with van der Waals surface area (Å²) >= 11 is -3.38. The topological polar surface area (TPSA) is 28.6 Å². The SMILES string of the molecule is CC(C)(C)c1ccc(-c2cccc(-c3ccc(C(C)(C)C)cc3)c2N2CN(c3cccc(Oc4cc[c]5c(c4)-c4nccc[c]4[Ge]5([c]4ccccc4)[c]4ccccc4)c3)c3ccccc32)cc1. The quantitative estimate of drug-likeness (QED) is 0.142. The number of hydrogen-bond acceptors (Lipinski definition) is 4. The van der Waals surface area contributed by atoms with Crippen molar-refractivity contribution in [2.24, 2.45) is 0 Å². The molecule has 2 aliphatic rings. The number of aromatic nitrogens is 1. The average molecular weight is 931 g/mol.